The van der Waals surface area contributed by atoms with Crippen LogP contribution in [0.4, 0.5) is 0 Å². The van der Waals surface area contributed by atoms with Gasteiger partial charge in [-0.15, -0.1) is 0 Å². The molecule has 34 heavy (non-hydrogen) atoms. The number of para-hydroxylation sites is 1. The zero-order valence-electron chi connectivity index (χ0n) is 19.2. The smallest absolute Gasteiger partial charge is 0.278 e. The molecule has 0 fully saturated rings. The summed E-state index contributed by atoms with van der Waals surface area (Å²) in [6.07, 6.45) is 0.413. The number of carbonyl (C=O) groups excluding carboxylic acids is 1. The van der Waals surface area contributed by atoms with Gasteiger partial charge in [0.1, 0.15) is 11.6 Å². The average molecular weight is 460 g/mol. The molecule has 174 valence electrons. The molecular weight excluding hydrogens is 434 g/mol. The molecule has 1 aliphatic rings. The van der Waals surface area contributed by atoms with Crippen LogP contribution in [-0.2, 0) is 11.3 Å². The summed E-state index contributed by atoms with van der Waals surface area (Å²) in [5.41, 5.74) is 3.24. The normalized spacial score (nSPS) is 13.3. The van der Waals surface area contributed by atoms with Crippen molar-refractivity contribution < 1.29 is 14.3 Å². The number of aromatic nitrogens is 4. The van der Waals surface area contributed by atoms with Gasteiger partial charge in [0.25, 0.3) is 5.56 Å². The highest BCUT2D eigenvalue weighted by atomic mass is 16.7. The van der Waals surface area contributed by atoms with E-state index in [9.17, 15) is 9.59 Å². The lowest BCUT2D eigenvalue weighted by atomic mass is 10.1. The van der Waals surface area contributed by atoms with E-state index in [0.29, 0.717) is 46.8 Å². The van der Waals surface area contributed by atoms with E-state index in [4.69, 9.17) is 9.47 Å². The van der Waals surface area contributed by atoms with Crippen LogP contribution in [0.25, 0.3) is 16.6 Å². The fourth-order valence-corrected chi connectivity index (χ4v) is 4.24. The Morgan fingerprint density at radius 1 is 1.09 bits per heavy atom. The topological polar surface area (TPSA) is 100 Å². The van der Waals surface area contributed by atoms with Crippen molar-refractivity contribution in [2.24, 2.45) is 0 Å². The molecule has 0 saturated carbocycles. The van der Waals surface area contributed by atoms with Gasteiger partial charge in [-0.3, -0.25) is 9.59 Å². The van der Waals surface area contributed by atoms with Crippen LogP contribution in [0.5, 0.6) is 11.5 Å². The third-order valence-corrected chi connectivity index (χ3v) is 6.03. The van der Waals surface area contributed by atoms with Gasteiger partial charge in [0, 0.05) is 6.54 Å². The molecule has 0 saturated heterocycles. The molecule has 1 unspecified atom stereocenters. The lowest BCUT2D eigenvalue weighted by molar-refractivity contribution is -0.125. The molecule has 1 N–H and O–H groups in total. The third kappa shape index (κ3) is 3.68. The van der Waals surface area contributed by atoms with E-state index < -0.39 is 6.04 Å². The molecule has 0 radical (unpaired) electrons. The number of nitrogens with zero attached hydrogens (tertiary/aromatic N) is 4. The lowest BCUT2D eigenvalue weighted by Gasteiger charge is -2.17. The van der Waals surface area contributed by atoms with Gasteiger partial charge in [-0.05, 0) is 50.1 Å². The minimum absolute atomic E-state index is 0.194. The third-order valence-electron chi connectivity index (χ3n) is 6.03. The summed E-state index contributed by atoms with van der Waals surface area (Å²) in [6.45, 7) is 6.01. The molecule has 1 aliphatic heterocycles. The van der Waals surface area contributed by atoms with Gasteiger partial charge < -0.3 is 14.8 Å². The molecule has 0 bridgehead atoms. The number of hydrogen-bond donors (Lipinski definition) is 1. The SMILES string of the molecule is CCC(C(=O)NCc1ccc2c(c1)OCO2)n1nc(C)c2nn(-c3ccccc3)c(C)c2c1=O. The largest absolute Gasteiger partial charge is 0.454 e. The Morgan fingerprint density at radius 3 is 2.62 bits per heavy atom. The predicted molar refractivity (Wildman–Crippen MR) is 126 cm³/mol. The monoisotopic (exact) mass is 459 g/mol. The number of benzene rings is 2. The molecule has 5 rings (SSSR count). The molecule has 0 aliphatic carbocycles. The van der Waals surface area contributed by atoms with E-state index in [1.165, 1.54) is 4.68 Å². The zero-order chi connectivity index (χ0) is 23.8. The second-order valence-electron chi connectivity index (χ2n) is 8.22. The maximum absolute atomic E-state index is 13.5. The van der Waals surface area contributed by atoms with Crippen LogP contribution in [0.3, 0.4) is 0 Å². The highest BCUT2D eigenvalue weighted by Crippen LogP contribution is 2.32. The molecule has 0 spiro atoms. The number of aryl methyl sites for hydroxylation is 2. The molecule has 1 amide bonds. The predicted octanol–water partition coefficient (Wildman–Crippen LogP) is 3.20. The number of amides is 1. The molecule has 1 atom stereocenters. The number of carbonyl (C=O) groups is 1. The molecule has 9 heteroatoms. The van der Waals surface area contributed by atoms with Gasteiger partial charge in [-0.1, -0.05) is 31.2 Å². The van der Waals surface area contributed by atoms with Crippen molar-refractivity contribution in [2.45, 2.75) is 39.8 Å². The van der Waals surface area contributed by atoms with E-state index in [0.717, 1.165) is 11.3 Å². The Hall–Kier alpha value is -4.14. The summed E-state index contributed by atoms with van der Waals surface area (Å²) in [5.74, 6) is 1.07. The van der Waals surface area contributed by atoms with Gasteiger partial charge in [-0.2, -0.15) is 10.2 Å². The van der Waals surface area contributed by atoms with Gasteiger partial charge in [0.15, 0.2) is 11.5 Å². The van der Waals surface area contributed by atoms with E-state index in [2.05, 4.69) is 15.5 Å². The second-order valence-corrected chi connectivity index (χ2v) is 8.22. The fourth-order valence-electron chi connectivity index (χ4n) is 4.24. The number of fused-ring (bicyclic) bond motifs is 2. The van der Waals surface area contributed by atoms with Crippen LogP contribution in [0.2, 0.25) is 0 Å². The Morgan fingerprint density at radius 2 is 1.85 bits per heavy atom. The summed E-state index contributed by atoms with van der Waals surface area (Å²) in [6, 6.07) is 14.4. The first kappa shape index (κ1) is 21.7. The first-order valence-corrected chi connectivity index (χ1v) is 11.2. The van der Waals surface area contributed by atoms with Gasteiger partial charge in [0.05, 0.1) is 22.5 Å². The fraction of sp³-hybridized carbons (Fsp3) is 0.280. The van der Waals surface area contributed by atoms with Crippen molar-refractivity contribution in [1.29, 1.82) is 0 Å². The average Bonchev–Trinajstić information content (AvgIpc) is 3.46. The van der Waals surface area contributed by atoms with Crippen LogP contribution < -0.4 is 20.3 Å². The van der Waals surface area contributed by atoms with Crippen molar-refractivity contribution in [3.63, 3.8) is 0 Å². The summed E-state index contributed by atoms with van der Waals surface area (Å²) in [4.78, 5) is 26.6. The van der Waals surface area contributed by atoms with Crippen LogP contribution in [0.15, 0.2) is 53.3 Å². The number of ether oxygens (including phenoxy) is 2. The first-order chi connectivity index (χ1) is 16.5. The summed E-state index contributed by atoms with van der Waals surface area (Å²) in [7, 11) is 0. The quantitative estimate of drug-likeness (QED) is 0.475. The second kappa shape index (κ2) is 8.66. The van der Waals surface area contributed by atoms with Crippen molar-refractivity contribution in [3.8, 4) is 17.2 Å². The summed E-state index contributed by atoms with van der Waals surface area (Å²) in [5, 5.41) is 12.5. The summed E-state index contributed by atoms with van der Waals surface area (Å²) < 4.78 is 13.8. The van der Waals surface area contributed by atoms with Crippen molar-refractivity contribution >= 4 is 16.8 Å². The van der Waals surface area contributed by atoms with E-state index in [1.54, 1.807) is 11.6 Å². The minimum Gasteiger partial charge on any atom is -0.454 e. The molecule has 9 nitrogen and oxygen atoms in total. The Balaban J connectivity index is 1.45. The van der Waals surface area contributed by atoms with Crippen LogP contribution in [-0.4, -0.2) is 32.3 Å². The standard InChI is InChI=1S/C25H25N5O4/c1-4-19(24(31)26-13-17-10-11-20-21(12-17)34-14-33-20)30-25(32)22-16(3)29(18-8-6-5-7-9-18)28-23(22)15(2)27-30/h5-12,19H,4,13-14H2,1-3H3,(H,26,31). The van der Waals surface area contributed by atoms with Gasteiger partial charge in [0.2, 0.25) is 12.7 Å². The Bertz CT molecular complexity index is 1440. The molecule has 4 aromatic rings. The highest BCUT2D eigenvalue weighted by molar-refractivity contribution is 5.84. The Kier molecular flexibility index (Phi) is 5.53. The molecule has 3 heterocycles. The Labute approximate surface area is 195 Å². The number of hydrogen-bond acceptors (Lipinski definition) is 6. The molecule has 2 aromatic heterocycles. The number of rotatable bonds is 6. The van der Waals surface area contributed by atoms with E-state index in [-0.39, 0.29) is 18.3 Å². The molecular formula is C25H25N5O4. The van der Waals surface area contributed by atoms with Crippen LogP contribution >= 0.6 is 0 Å². The maximum atomic E-state index is 13.5. The van der Waals surface area contributed by atoms with E-state index >= 15 is 0 Å². The van der Waals surface area contributed by atoms with Gasteiger partial charge in [-0.25, -0.2) is 9.36 Å². The summed E-state index contributed by atoms with van der Waals surface area (Å²) >= 11 is 0. The minimum atomic E-state index is -0.746. The highest BCUT2D eigenvalue weighted by Gasteiger charge is 2.25. The van der Waals surface area contributed by atoms with Crippen molar-refractivity contribution in [2.75, 3.05) is 6.79 Å². The molecule has 2 aromatic carbocycles. The zero-order valence-corrected chi connectivity index (χ0v) is 19.2. The maximum Gasteiger partial charge on any atom is 0.278 e. The van der Waals surface area contributed by atoms with Crippen LogP contribution in [0.1, 0.15) is 36.3 Å². The van der Waals surface area contributed by atoms with E-state index in [1.807, 2.05) is 62.4 Å². The van der Waals surface area contributed by atoms with Crippen LogP contribution in [0, 0.1) is 13.8 Å². The first-order valence-electron chi connectivity index (χ1n) is 11.2. The van der Waals surface area contributed by atoms with Gasteiger partial charge >= 0.3 is 0 Å². The van der Waals surface area contributed by atoms with Crippen molar-refractivity contribution in [3.05, 3.63) is 75.8 Å². The van der Waals surface area contributed by atoms with Crippen molar-refractivity contribution in [1.82, 2.24) is 24.9 Å². The number of nitrogens with one attached hydrogen (secondary N) is 1. The lowest BCUT2D eigenvalue weighted by Crippen LogP contribution is -2.38.